The molecular weight excluding hydrogens is 178 g/mol. The molecule has 0 bridgehead atoms. The first-order valence-corrected chi connectivity index (χ1v) is 4.76. The summed E-state index contributed by atoms with van der Waals surface area (Å²) in [6.45, 7) is 3.05. The zero-order valence-electron chi connectivity index (χ0n) is 8.08. The first-order chi connectivity index (χ1) is 6.68. The number of para-hydroxylation sites is 1. The smallest absolute Gasteiger partial charge is 0.307 e. The molecule has 0 spiro atoms. The van der Waals surface area contributed by atoms with Gasteiger partial charge < -0.3 is 10.4 Å². The topological polar surface area (TPSA) is 49.3 Å². The first kappa shape index (κ1) is 9.06. The van der Waals surface area contributed by atoms with Crippen molar-refractivity contribution in [2.45, 2.75) is 19.3 Å². The molecule has 0 aliphatic carbocycles. The number of carboxylic acids is 1. The van der Waals surface area contributed by atoms with Gasteiger partial charge in [-0.1, -0.05) is 25.1 Å². The zero-order chi connectivity index (χ0) is 10.1. The molecule has 1 atom stereocenters. The molecule has 1 aliphatic heterocycles. The van der Waals surface area contributed by atoms with Crippen LogP contribution >= 0.6 is 0 Å². The number of anilines is 1. The summed E-state index contributed by atoms with van der Waals surface area (Å²) in [5, 5.41) is 12.0. The van der Waals surface area contributed by atoms with Crippen LogP contribution in [0.15, 0.2) is 18.2 Å². The quantitative estimate of drug-likeness (QED) is 0.750. The lowest BCUT2D eigenvalue weighted by Gasteiger charge is -2.06. The molecule has 0 fully saturated rings. The number of rotatable bonds is 2. The molecule has 1 aromatic rings. The molecule has 1 aromatic carbocycles. The van der Waals surface area contributed by atoms with Crippen LogP contribution in [0.4, 0.5) is 5.69 Å². The van der Waals surface area contributed by atoms with Gasteiger partial charge in [0.25, 0.3) is 0 Å². The summed E-state index contributed by atoms with van der Waals surface area (Å²) >= 11 is 0. The van der Waals surface area contributed by atoms with E-state index in [2.05, 4.69) is 18.3 Å². The summed E-state index contributed by atoms with van der Waals surface area (Å²) in [5.41, 5.74) is 3.16. The predicted octanol–water partition coefficient (Wildman–Crippen LogP) is 1.84. The third-order valence-corrected chi connectivity index (χ3v) is 2.64. The van der Waals surface area contributed by atoms with Gasteiger partial charge in [0.2, 0.25) is 0 Å². The number of aliphatic carboxylic acids is 1. The monoisotopic (exact) mass is 191 g/mol. The minimum atomic E-state index is -0.778. The Morgan fingerprint density at radius 1 is 1.64 bits per heavy atom. The Hall–Kier alpha value is -1.51. The van der Waals surface area contributed by atoms with E-state index >= 15 is 0 Å². The fraction of sp³-hybridized carbons (Fsp3) is 0.364. The van der Waals surface area contributed by atoms with Crippen molar-refractivity contribution >= 4 is 11.7 Å². The third kappa shape index (κ3) is 1.45. The highest BCUT2D eigenvalue weighted by Gasteiger charge is 2.20. The maximum absolute atomic E-state index is 10.6. The Balaban J connectivity index is 2.39. The number of hydrogen-bond donors (Lipinski definition) is 2. The van der Waals surface area contributed by atoms with E-state index in [9.17, 15) is 4.79 Å². The Bertz CT molecular complexity index is 374. The Kier molecular flexibility index (Phi) is 2.15. The van der Waals surface area contributed by atoms with Crippen molar-refractivity contribution in [1.29, 1.82) is 0 Å². The predicted molar refractivity (Wildman–Crippen MR) is 54.7 cm³/mol. The molecule has 1 aliphatic rings. The molecule has 14 heavy (non-hydrogen) atoms. The lowest BCUT2D eigenvalue weighted by Crippen LogP contribution is -2.03. The second kappa shape index (κ2) is 3.33. The van der Waals surface area contributed by atoms with Crippen LogP contribution in [-0.4, -0.2) is 17.6 Å². The fourth-order valence-corrected chi connectivity index (χ4v) is 1.92. The molecule has 0 saturated carbocycles. The molecule has 1 unspecified atom stereocenters. The van der Waals surface area contributed by atoms with Crippen LogP contribution in [-0.2, 0) is 11.2 Å². The van der Waals surface area contributed by atoms with E-state index in [-0.39, 0.29) is 6.42 Å². The molecule has 74 valence electrons. The second-order valence-corrected chi connectivity index (χ2v) is 3.73. The summed E-state index contributed by atoms with van der Waals surface area (Å²) in [5.74, 6) is -0.293. The Morgan fingerprint density at radius 2 is 2.43 bits per heavy atom. The number of carboxylic acid groups (broad SMARTS) is 1. The van der Waals surface area contributed by atoms with Gasteiger partial charge in [-0.05, 0) is 11.1 Å². The van der Waals surface area contributed by atoms with E-state index < -0.39 is 5.97 Å². The largest absolute Gasteiger partial charge is 0.481 e. The lowest BCUT2D eigenvalue weighted by molar-refractivity contribution is -0.136. The molecule has 2 rings (SSSR count). The van der Waals surface area contributed by atoms with Gasteiger partial charge >= 0.3 is 5.97 Å². The van der Waals surface area contributed by atoms with Crippen molar-refractivity contribution in [3.63, 3.8) is 0 Å². The van der Waals surface area contributed by atoms with Crippen LogP contribution in [0.2, 0.25) is 0 Å². The first-order valence-electron chi connectivity index (χ1n) is 4.76. The van der Waals surface area contributed by atoms with E-state index in [4.69, 9.17) is 5.11 Å². The fourth-order valence-electron chi connectivity index (χ4n) is 1.92. The van der Waals surface area contributed by atoms with Crippen LogP contribution in [0.25, 0.3) is 0 Å². The highest BCUT2D eigenvalue weighted by Crippen LogP contribution is 2.33. The minimum Gasteiger partial charge on any atom is -0.481 e. The third-order valence-electron chi connectivity index (χ3n) is 2.64. The molecular formula is C11H13NO2. The maximum Gasteiger partial charge on any atom is 0.307 e. The highest BCUT2D eigenvalue weighted by atomic mass is 16.4. The van der Waals surface area contributed by atoms with Crippen LogP contribution < -0.4 is 5.32 Å². The van der Waals surface area contributed by atoms with Gasteiger partial charge in [0.1, 0.15) is 0 Å². The summed E-state index contributed by atoms with van der Waals surface area (Å²) in [6.07, 6.45) is 0.100. The summed E-state index contributed by atoms with van der Waals surface area (Å²) in [7, 11) is 0. The van der Waals surface area contributed by atoms with Gasteiger partial charge in [-0.3, -0.25) is 4.79 Å². The number of hydrogen-bond acceptors (Lipinski definition) is 2. The molecule has 3 heteroatoms. The average Bonchev–Trinajstić information content (AvgIpc) is 2.49. The average molecular weight is 191 g/mol. The zero-order valence-corrected chi connectivity index (χ0v) is 8.08. The van der Waals surface area contributed by atoms with Crippen molar-refractivity contribution in [3.05, 3.63) is 29.3 Å². The number of fused-ring (bicyclic) bond motifs is 1. The van der Waals surface area contributed by atoms with E-state index in [1.807, 2.05) is 12.1 Å². The molecule has 1 heterocycles. The molecule has 2 N–H and O–H groups in total. The van der Waals surface area contributed by atoms with Gasteiger partial charge in [0.05, 0.1) is 6.42 Å². The SMILES string of the molecule is CC1CNc2c(CC(=O)O)cccc21. The Morgan fingerprint density at radius 3 is 3.14 bits per heavy atom. The number of benzene rings is 1. The highest BCUT2D eigenvalue weighted by molar-refractivity contribution is 5.75. The molecule has 0 saturated heterocycles. The molecule has 0 aromatic heterocycles. The van der Waals surface area contributed by atoms with Gasteiger partial charge in [-0.2, -0.15) is 0 Å². The van der Waals surface area contributed by atoms with Crippen molar-refractivity contribution in [2.75, 3.05) is 11.9 Å². The second-order valence-electron chi connectivity index (χ2n) is 3.73. The van der Waals surface area contributed by atoms with Gasteiger partial charge in [-0.25, -0.2) is 0 Å². The lowest BCUT2D eigenvalue weighted by atomic mass is 9.99. The van der Waals surface area contributed by atoms with Crippen LogP contribution in [0.3, 0.4) is 0 Å². The summed E-state index contributed by atoms with van der Waals surface area (Å²) in [4.78, 5) is 10.6. The Labute approximate surface area is 82.8 Å². The van der Waals surface area contributed by atoms with Gasteiger partial charge in [0.15, 0.2) is 0 Å². The summed E-state index contributed by atoms with van der Waals surface area (Å²) < 4.78 is 0. The van der Waals surface area contributed by atoms with Gasteiger partial charge in [-0.15, -0.1) is 0 Å². The van der Waals surface area contributed by atoms with Crippen molar-refractivity contribution in [1.82, 2.24) is 0 Å². The maximum atomic E-state index is 10.6. The van der Waals surface area contributed by atoms with Crippen molar-refractivity contribution in [2.24, 2.45) is 0 Å². The van der Waals surface area contributed by atoms with Crippen LogP contribution in [0.5, 0.6) is 0 Å². The van der Waals surface area contributed by atoms with E-state index in [1.165, 1.54) is 5.56 Å². The van der Waals surface area contributed by atoms with E-state index in [0.29, 0.717) is 5.92 Å². The van der Waals surface area contributed by atoms with Crippen molar-refractivity contribution in [3.8, 4) is 0 Å². The standard InChI is InChI=1S/C11H13NO2/c1-7-6-12-11-8(5-10(13)14)3-2-4-9(7)11/h2-4,7,12H,5-6H2,1H3,(H,13,14). The molecule has 0 radical (unpaired) electrons. The van der Waals surface area contributed by atoms with Gasteiger partial charge in [0, 0.05) is 18.2 Å². The van der Waals surface area contributed by atoms with Crippen molar-refractivity contribution < 1.29 is 9.90 Å². The number of nitrogens with one attached hydrogen (secondary N) is 1. The summed E-state index contributed by atoms with van der Waals surface area (Å²) in [6, 6.07) is 5.87. The van der Waals surface area contributed by atoms with Crippen LogP contribution in [0.1, 0.15) is 24.0 Å². The molecule has 0 amide bonds. The van der Waals surface area contributed by atoms with E-state index in [0.717, 1.165) is 17.8 Å². The minimum absolute atomic E-state index is 0.100. The molecule has 3 nitrogen and oxygen atoms in total. The normalized spacial score (nSPS) is 18.8. The number of carbonyl (C=O) groups is 1. The van der Waals surface area contributed by atoms with E-state index in [1.54, 1.807) is 0 Å². The van der Waals surface area contributed by atoms with Crippen LogP contribution in [0, 0.1) is 0 Å².